The summed E-state index contributed by atoms with van der Waals surface area (Å²) in [6.07, 6.45) is 0.688. The molecule has 4 heteroatoms. The summed E-state index contributed by atoms with van der Waals surface area (Å²) in [4.78, 5) is 12.3. The molecule has 0 fully saturated rings. The Balaban J connectivity index is 2.89. The molecule has 0 saturated heterocycles. The number of methoxy groups -OCH3 is 2. The van der Waals surface area contributed by atoms with Crippen LogP contribution in [0, 0.1) is 5.92 Å². The van der Waals surface area contributed by atoms with Crippen LogP contribution in [-0.2, 0) is 14.2 Å². The van der Waals surface area contributed by atoms with E-state index in [2.05, 4.69) is 13.8 Å². The van der Waals surface area contributed by atoms with E-state index in [0.29, 0.717) is 31.1 Å². The molecule has 0 aliphatic carbocycles. The molecule has 0 aliphatic heterocycles. The first kappa shape index (κ1) is 16.7. The van der Waals surface area contributed by atoms with Crippen LogP contribution in [0.3, 0.4) is 0 Å². The third kappa shape index (κ3) is 4.94. The average molecular weight is 280 g/mol. The fourth-order valence-corrected chi connectivity index (χ4v) is 2.36. The van der Waals surface area contributed by atoms with E-state index in [9.17, 15) is 4.79 Å². The Labute approximate surface area is 121 Å². The maximum Gasteiger partial charge on any atom is 0.338 e. The van der Waals surface area contributed by atoms with Gasteiger partial charge < -0.3 is 14.2 Å². The summed E-state index contributed by atoms with van der Waals surface area (Å²) in [6.45, 7) is 4.79. The highest BCUT2D eigenvalue weighted by atomic mass is 16.6. The van der Waals surface area contributed by atoms with Gasteiger partial charge in [0.1, 0.15) is 0 Å². The van der Waals surface area contributed by atoms with Gasteiger partial charge in [0.25, 0.3) is 0 Å². The minimum Gasteiger partial charge on any atom is -0.451 e. The van der Waals surface area contributed by atoms with Crippen molar-refractivity contribution in [1.29, 1.82) is 0 Å². The smallest absolute Gasteiger partial charge is 0.338 e. The van der Waals surface area contributed by atoms with Gasteiger partial charge in [0.2, 0.25) is 0 Å². The van der Waals surface area contributed by atoms with Gasteiger partial charge in [-0.1, -0.05) is 32.0 Å². The molecule has 0 atom stereocenters. The van der Waals surface area contributed by atoms with E-state index in [1.54, 1.807) is 26.4 Å². The zero-order valence-electron chi connectivity index (χ0n) is 12.7. The molecule has 0 N–H and O–H groups in total. The summed E-state index contributed by atoms with van der Waals surface area (Å²) in [5.41, 5.74) is -0.210. The second-order valence-corrected chi connectivity index (χ2v) is 5.40. The molecule has 0 spiro atoms. The number of carbonyl (C=O) groups excluding carboxylic acids is 1. The van der Waals surface area contributed by atoms with Crippen LogP contribution in [0.2, 0.25) is 0 Å². The second kappa shape index (κ2) is 8.02. The van der Waals surface area contributed by atoms with Gasteiger partial charge in [-0.2, -0.15) is 0 Å². The molecular weight excluding hydrogens is 256 g/mol. The summed E-state index contributed by atoms with van der Waals surface area (Å²) < 4.78 is 16.2. The van der Waals surface area contributed by atoms with Crippen LogP contribution in [0.4, 0.5) is 0 Å². The Morgan fingerprint density at radius 2 is 1.65 bits per heavy atom. The van der Waals surface area contributed by atoms with Crippen molar-refractivity contribution < 1.29 is 19.0 Å². The van der Waals surface area contributed by atoms with Crippen molar-refractivity contribution in [3.8, 4) is 0 Å². The normalized spacial score (nSPS) is 11.7. The summed E-state index contributed by atoms with van der Waals surface area (Å²) in [6, 6.07) is 8.97. The molecular formula is C16H24O4. The van der Waals surface area contributed by atoms with E-state index in [4.69, 9.17) is 14.2 Å². The molecule has 0 heterocycles. The minimum atomic E-state index is -0.745. The van der Waals surface area contributed by atoms with Crippen LogP contribution in [0.5, 0.6) is 0 Å². The van der Waals surface area contributed by atoms with Crippen LogP contribution in [0.25, 0.3) is 0 Å². The van der Waals surface area contributed by atoms with E-state index in [1.165, 1.54) is 0 Å². The molecule has 0 unspecified atom stereocenters. The van der Waals surface area contributed by atoms with Crippen molar-refractivity contribution in [2.45, 2.75) is 25.9 Å². The zero-order chi connectivity index (χ0) is 15.0. The summed E-state index contributed by atoms with van der Waals surface area (Å²) >= 11 is 0. The SMILES string of the molecule is COCC(COC)(CC(C)C)OC(=O)c1ccccc1. The fourth-order valence-electron chi connectivity index (χ4n) is 2.36. The van der Waals surface area contributed by atoms with Gasteiger partial charge in [0.15, 0.2) is 5.60 Å². The van der Waals surface area contributed by atoms with Gasteiger partial charge in [-0.05, 0) is 24.5 Å². The van der Waals surface area contributed by atoms with Gasteiger partial charge >= 0.3 is 5.97 Å². The fraction of sp³-hybridized carbons (Fsp3) is 0.562. The first-order valence-electron chi connectivity index (χ1n) is 6.79. The number of benzene rings is 1. The van der Waals surface area contributed by atoms with E-state index < -0.39 is 5.60 Å². The third-order valence-corrected chi connectivity index (χ3v) is 2.91. The van der Waals surface area contributed by atoms with Crippen LogP contribution in [0.1, 0.15) is 30.6 Å². The number of hydrogen-bond donors (Lipinski definition) is 0. The van der Waals surface area contributed by atoms with Crippen LogP contribution < -0.4 is 0 Å². The van der Waals surface area contributed by atoms with Gasteiger partial charge in [-0.3, -0.25) is 0 Å². The van der Waals surface area contributed by atoms with Gasteiger partial charge in [-0.25, -0.2) is 4.79 Å². The van der Waals surface area contributed by atoms with Crippen LogP contribution in [-0.4, -0.2) is 39.0 Å². The molecule has 0 radical (unpaired) electrons. The van der Waals surface area contributed by atoms with E-state index in [1.807, 2.05) is 18.2 Å². The number of ether oxygens (including phenoxy) is 3. The third-order valence-electron chi connectivity index (χ3n) is 2.91. The van der Waals surface area contributed by atoms with Crippen molar-refractivity contribution >= 4 is 5.97 Å². The van der Waals surface area contributed by atoms with Crippen LogP contribution in [0.15, 0.2) is 30.3 Å². The zero-order valence-corrected chi connectivity index (χ0v) is 12.7. The van der Waals surface area contributed by atoms with Crippen molar-refractivity contribution in [3.63, 3.8) is 0 Å². The topological polar surface area (TPSA) is 44.8 Å². The first-order valence-corrected chi connectivity index (χ1v) is 6.79. The Hall–Kier alpha value is -1.39. The van der Waals surface area contributed by atoms with Gasteiger partial charge in [0, 0.05) is 14.2 Å². The lowest BCUT2D eigenvalue weighted by Crippen LogP contribution is -2.45. The molecule has 0 bridgehead atoms. The molecule has 0 amide bonds. The number of esters is 1. The quantitative estimate of drug-likeness (QED) is 0.687. The molecule has 4 nitrogen and oxygen atoms in total. The lowest BCUT2D eigenvalue weighted by molar-refractivity contribution is -0.101. The van der Waals surface area contributed by atoms with Crippen molar-refractivity contribution in [3.05, 3.63) is 35.9 Å². The molecule has 0 saturated carbocycles. The molecule has 1 rings (SSSR count). The number of hydrogen-bond acceptors (Lipinski definition) is 4. The first-order chi connectivity index (χ1) is 9.53. The Kier molecular flexibility index (Phi) is 6.68. The maximum absolute atomic E-state index is 12.3. The van der Waals surface area contributed by atoms with E-state index in [-0.39, 0.29) is 5.97 Å². The highest BCUT2D eigenvalue weighted by Crippen LogP contribution is 2.24. The minimum absolute atomic E-state index is 0.317. The van der Waals surface area contributed by atoms with Crippen molar-refractivity contribution in [1.82, 2.24) is 0 Å². The lowest BCUT2D eigenvalue weighted by atomic mass is 9.93. The highest BCUT2D eigenvalue weighted by Gasteiger charge is 2.36. The summed E-state index contributed by atoms with van der Waals surface area (Å²) in [5, 5.41) is 0. The molecule has 20 heavy (non-hydrogen) atoms. The predicted octanol–water partition coefficient (Wildman–Crippen LogP) is 2.92. The lowest BCUT2D eigenvalue weighted by Gasteiger charge is -2.33. The van der Waals surface area contributed by atoms with E-state index in [0.717, 1.165) is 0 Å². The Morgan fingerprint density at radius 1 is 1.10 bits per heavy atom. The second-order valence-electron chi connectivity index (χ2n) is 5.40. The highest BCUT2D eigenvalue weighted by molar-refractivity contribution is 5.89. The van der Waals surface area contributed by atoms with E-state index >= 15 is 0 Å². The largest absolute Gasteiger partial charge is 0.451 e. The van der Waals surface area contributed by atoms with Crippen molar-refractivity contribution in [2.24, 2.45) is 5.92 Å². The molecule has 112 valence electrons. The standard InChI is InChI=1S/C16H24O4/c1-13(2)10-16(11-18-3,12-19-4)20-15(17)14-8-6-5-7-9-14/h5-9,13H,10-12H2,1-4H3. The Morgan fingerprint density at radius 3 is 2.10 bits per heavy atom. The molecule has 1 aromatic carbocycles. The molecule has 0 aliphatic rings. The maximum atomic E-state index is 12.3. The molecule has 1 aromatic rings. The molecule has 0 aromatic heterocycles. The van der Waals surface area contributed by atoms with Gasteiger partial charge in [-0.15, -0.1) is 0 Å². The monoisotopic (exact) mass is 280 g/mol. The van der Waals surface area contributed by atoms with Gasteiger partial charge in [0.05, 0.1) is 18.8 Å². The summed E-state index contributed by atoms with van der Waals surface area (Å²) in [7, 11) is 3.20. The van der Waals surface area contributed by atoms with Crippen molar-refractivity contribution in [2.75, 3.05) is 27.4 Å². The number of carbonyl (C=O) groups is 1. The average Bonchev–Trinajstić information content (AvgIpc) is 2.39. The summed E-state index contributed by atoms with van der Waals surface area (Å²) in [5.74, 6) is 0.0178. The number of rotatable bonds is 8. The Bertz CT molecular complexity index is 394. The predicted molar refractivity (Wildman–Crippen MR) is 77.8 cm³/mol. The van der Waals surface area contributed by atoms with Crippen LogP contribution >= 0.6 is 0 Å².